The molecule has 0 saturated heterocycles. The molecule has 0 aliphatic heterocycles. The molecule has 0 unspecified atom stereocenters. The van der Waals surface area contributed by atoms with Crippen LogP contribution in [0.5, 0.6) is 11.5 Å². The Morgan fingerprint density at radius 2 is 1.53 bits per heavy atom. The molecule has 0 fully saturated rings. The first-order chi connectivity index (χ1) is 14.7. The van der Waals surface area contributed by atoms with E-state index in [2.05, 4.69) is 42.6 Å². The zero-order valence-electron chi connectivity index (χ0n) is 17.7. The largest absolute Gasteiger partial charge is 0.490 e. The lowest BCUT2D eigenvalue weighted by Gasteiger charge is -2.17. The molecule has 0 heterocycles. The zero-order valence-corrected chi connectivity index (χ0v) is 18.5. The molecule has 1 N–H and O–H groups in total. The summed E-state index contributed by atoms with van der Waals surface area (Å²) in [6.45, 7) is 5.92. The smallest absolute Gasteiger partial charge is 0.180 e. The predicted octanol–water partition coefficient (Wildman–Crippen LogP) is 6.43. The molecule has 3 aromatic rings. The fraction of sp³-hybridized carbons (Fsp3) is 0.308. The van der Waals surface area contributed by atoms with Gasteiger partial charge in [0.1, 0.15) is 6.61 Å². The lowest BCUT2D eigenvalue weighted by atomic mass is 10.1. The summed E-state index contributed by atoms with van der Waals surface area (Å²) >= 11 is 6.56. The molecule has 158 valence electrons. The van der Waals surface area contributed by atoms with Crippen molar-refractivity contribution >= 4 is 11.6 Å². The van der Waals surface area contributed by atoms with Gasteiger partial charge in [-0.2, -0.15) is 0 Å². The fourth-order valence-electron chi connectivity index (χ4n) is 3.28. The van der Waals surface area contributed by atoms with E-state index in [-0.39, 0.29) is 0 Å². The third-order valence-corrected chi connectivity index (χ3v) is 5.24. The molecule has 4 heteroatoms. The molecule has 0 radical (unpaired) electrons. The van der Waals surface area contributed by atoms with Gasteiger partial charge in [0.15, 0.2) is 11.5 Å². The number of ether oxygens (including phenoxy) is 2. The lowest BCUT2D eigenvalue weighted by Crippen LogP contribution is -2.26. The van der Waals surface area contributed by atoms with E-state index >= 15 is 0 Å². The SMILES string of the molecule is CCOc1cc(CN[C@@H](C)CCc2ccccc2)cc(Cl)c1OCc1ccccc1. The third-order valence-electron chi connectivity index (χ3n) is 4.96. The fourth-order valence-corrected chi connectivity index (χ4v) is 3.57. The summed E-state index contributed by atoms with van der Waals surface area (Å²) in [6.07, 6.45) is 2.14. The van der Waals surface area contributed by atoms with E-state index in [1.54, 1.807) is 0 Å². The van der Waals surface area contributed by atoms with Gasteiger partial charge in [0.05, 0.1) is 11.6 Å². The van der Waals surface area contributed by atoms with Crippen molar-refractivity contribution in [2.24, 2.45) is 0 Å². The van der Waals surface area contributed by atoms with Crippen molar-refractivity contribution < 1.29 is 9.47 Å². The van der Waals surface area contributed by atoms with E-state index in [0.717, 1.165) is 30.5 Å². The summed E-state index contributed by atoms with van der Waals surface area (Å²) < 4.78 is 11.8. The minimum absolute atomic E-state index is 0.397. The summed E-state index contributed by atoms with van der Waals surface area (Å²) in [4.78, 5) is 0. The first-order valence-electron chi connectivity index (χ1n) is 10.5. The Labute approximate surface area is 185 Å². The Hall–Kier alpha value is -2.49. The maximum absolute atomic E-state index is 6.56. The summed E-state index contributed by atoms with van der Waals surface area (Å²) in [5, 5.41) is 4.16. The Bertz CT molecular complexity index is 900. The molecule has 0 saturated carbocycles. The molecule has 0 amide bonds. The van der Waals surface area contributed by atoms with Crippen LogP contribution in [0.2, 0.25) is 5.02 Å². The Balaban J connectivity index is 1.59. The van der Waals surface area contributed by atoms with E-state index in [1.165, 1.54) is 5.56 Å². The quantitative estimate of drug-likeness (QED) is 0.385. The van der Waals surface area contributed by atoms with Crippen molar-refractivity contribution in [2.75, 3.05) is 6.61 Å². The highest BCUT2D eigenvalue weighted by Gasteiger charge is 2.13. The Kier molecular flexibility index (Phi) is 8.61. The molecule has 0 aliphatic rings. The van der Waals surface area contributed by atoms with Gasteiger partial charge in [0, 0.05) is 12.6 Å². The zero-order chi connectivity index (χ0) is 21.2. The molecule has 1 atom stereocenters. The molecule has 3 rings (SSSR count). The van der Waals surface area contributed by atoms with Crippen molar-refractivity contribution in [3.05, 3.63) is 94.5 Å². The van der Waals surface area contributed by atoms with Crippen LogP contribution in [-0.4, -0.2) is 12.6 Å². The normalized spacial score (nSPS) is 11.8. The summed E-state index contributed by atoms with van der Waals surface area (Å²) in [5.41, 5.74) is 3.55. The third kappa shape index (κ3) is 6.79. The summed E-state index contributed by atoms with van der Waals surface area (Å²) in [7, 11) is 0. The van der Waals surface area contributed by atoms with E-state index in [9.17, 15) is 0 Å². The second-order valence-corrected chi connectivity index (χ2v) is 7.83. The lowest BCUT2D eigenvalue weighted by molar-refractivity contribution is 0.269. The second-order valence-electron chi connectivity index (χ2n) is 7.42. The van der Waals surface area contributed by atoms with E-state index in [0.29, 0.717) is 35.8 Å². The standard InChI is InChI=1S/C26H30ClNO2/c1-3-29-25-17-23(18-28-20(2)14-15-21-10-6-4-7-11-21)16-24(27)26(25)30-19-22-12-8-5-9-13-22/h4-13,16-17,20,28H,3,14-15,18-19H2,1-2H3/t20-/m0/s1. The molecule has 30 heavy (non-hydrogen) atoms. The van der Waals surface area contributed by atoms with Gasteiger partial charge < -0.3 is 14.8 Å². The number of aryl methyl sites for hydroxylation is 1. The second kappa shape index (κ2) is 11.6. The first-order valence-corrected chi connectivity index (χ1v) is 10.9. The van der Waals surface area contributed by atoms with Crippen molar-refractivity contribution in [2.45, 2.75) is 45.9 Å². The monoisotopic (exact) mass is 423 g/mol. The molecule has 3 aromatic carbocycles. The van der Waals surface area contributed by atoms with Crippen LogP contribution >= 0.6 is 11.6 Å². The van der Waals surface area contributed by atoms with E-state index in [1.807, 2.05) is 49.4 Å². The highest BCUT2D eigenvalue weighted by Crippen LogP contribution is 2.37. The van der Waals surface area contributed by atoms with Crippen molar-refractivity contribution in [3.63, 3.8) is 0 Å². The predicted molar refractivity (Wildman–Crippen MR) is 124 cm³/mol. The molecule has 0 bridgehead atoms. The van der Waals surface area contributed by atoms with Gasteiger partial charge in [-0.1, -0.05) is 72.3 Å². The van der Waals surface area contributed by atoms with Crippen LogP contribution in [0.15, 0.2) is 72.8 Å². The minimum atomic E-state index is 0.397. The highest BCUT2D eigenvalue weighted by atomic mass is 35.5. The van der Waals surface area contributed by atoms with Crippen LogP contribution in [-0.2, 0) is 19.6 Å². The van der Waals surface area contributed by atoms with Gasteiger partial charge in [0.2, 0.25) is 0 Å². The maximum Gasteiger partial charge on any atom is 0.180 e. The summed E-state index contributed by atoms with van der Waals surface area (Å²) in [6, 6.07) is 25.0. The van der Waals surface area contributed by atoms with Gasteiger partial charge in [-0.15, -0.1) is 0 Å². The average molecular weight is 424 g/mol. The Morgan fingerprint density at radius 1 is 0.867 bits per heavy atom. The number of benzene rings is 3. The van der Waals surface area contributed by atoms with E-state index in [4.69, 9.17) is 21.1 Å². The average Bonchev–Trinajstić information content (AvgIpc) is 2.77. The number of halogens is 1. The number of hydrogen-bond acceptors (Lipinski definition) is 3. The van der Waals surface area contributed by atoms with Crippen LogP contribution < -0.4 is 14.8 Å². The number of rotatable bonds is 11. The van der Waals surface area contributed by atoms with E-state index < -0.39 is 0 Å². The van der Waals surface area contributed by atoms with Crippen molar-refractivity contribution in [1.29, 1.82) is 0 Å². The van der Waals surface area contributed by atoms with Crippen molar-refractivity contribution in [3.8, 4) is 11.5 Å². The van der Waals surface area contributed by atoms with Gasteiger partial charge in [-0.05, 0) is 55.5 Å². The topological polar surface area (TPSA) is 30.5 Å². The molecule has 3 nitrogen and oxygen atoms in total. The molecule has 0 aliphatic carbocycles. The molecular formula is C26H30ClNO2. The number of nitrogens with one attached hydrogen (secondary N) is 1. The minimum Gasteiger partial charge on any atom is -0.490 e. The maximum atomic E-state index is 6.56. The van der Waals surface area contributed by atoms with Crippen LogP contribution in [0.3, 0.4) is 0 Å². The first kappa shape index (κ1) is 22.2. The highest BCUT2D eigenvalue weighted by molar-refractivity contribution is 6.32. The van der Waals surface area contributed by atoms with Crippen LogP contribution in [0.1, 0.15) is 37.0 Å². The van der Waals surface area contributed by atoms with Crippen LogP contribution in [0, 0.1) is 0 Å². The molecular weight excluding hydrogens is 394 g/mol. The van der Waals surface area contributed by atoms with Crippen molar-refractivity contribution in [1.82, 2.24) is 5.32 Å². The summed E-state index contributed by atoms with van der Waals surface area (Å²) in [5.74, 6) is 1.29. The number of hydrogen-bond donors (Lipinski definition) is 1. The van der Waals surface area contributed by atoms with Gasteiger partial charge in [0.25, 0.3) is 0 Å². The van der Waals surface area contributed by atoms with Crippen LogP contribution in [0.4, 0.5) is 0 Å². The molecule has 0 aromatic heterocycles. The van der Waals surface area contributed by atoms with Gasteiger partial charge >= 0.3 is 0 Å². The van der Waals surface area contributed by atoms with Crippen LogP contribution in [0.25, 0.3) is 0 Å². The van der Waals surface area contributed by atoms with Gasteiger partial charge in [-0.3, -0.25) is 0 Å². The Morgan fingerprint density at radius 3 is 2.20 bits per heavy atom. The van der Waals surface area contributed by atoms with Gasteiger partial charge in [-0.25, -0.2) is 0 Å². The molecule has 0 spiro atoms.